The maximum atomic E-state index is 11.6. The Kier molecular flexibility index (Phi) is 2.87. The van der Waals surface area contributed by atoms with Gasteiger partial charge in [0.15, 0.2) is 12.0 Å². The lowest BCUT2D eigenvalue weighted by molar-refractivity contribution is -0.137. The van der Waals surface area contributed by atoms with E-state index in [-0.39, 0.29) is 0 Å². The van der Waals surface area contributed by atoms with E-state index in [1.807, 2.05) is 0 Å². The van der Waals surface area contributed by atoms with E-state index in [4.69, 9.17) is 10.2 Å². The zero-order chi connectivity index (χ0) is 14.1. The Morgan fingerprint density at radius 3 is 2.55 bits per heavy atom. The fraction of sp³-hybridized carbons (Fsp3) is 0.0667. The van der Waals surface area contributed by atoms with Crippen LogP contribution in [0.4, 0.5) is 5.69 Å². The van der Waals surface area contributed by atoms with Crippen LogP contribution in [0.1, 0.15) is 17.0 Å². The number of carbonyl (C=O) groups is 1. The van der Waals surface area contributed by atoms with Gasteiger partial charge in [-0.3, -0.25) is 4.79 Å². The maximum Gasteiger partial charge on any atom is 0.315 e. The van der Waals surface area contributed by atoms with Gasteiger partial charge in [0.1, 0.15) is 11.4 Å². The predicted molar refractivity (Wildman–Crippen MR) is 74.3 cm³/mol. The van der Waals surface area contributed by atoms with Gasteiger partial charge in [0.05, 0.1) is 0 Å². The van der Waals surface area contributed by atoms with Crippen LogP contribution in [0, 0.1) is 0 Å². The van der Waals surface area contributed by atoms with Crippen LogP contribution in [0.5, 0.6) is 0 Å². The number of oxazole rings is 1. The predicted octanol–water partition coefficient (Wildman–Crippen LogP) is 2.63. The minimum atomic E-state index is -0.923. The summed E-state index contributed by atoms with van der Waals surface area (Å²) in [6.07, 6.45) is 1.34. The quantitative estimate of drug-likeness (QED) is 0.713. The number of hydrogen-bond acceptors (Lipinski definition) is 4. The molecule has 20 heavy (non-hydrogen) atoms. The molecule has 1 heterocycles. The molecular weight excluding hydrogens is 256 g/mol. The van der Waals surface area contributed by atoms with Crippen LogP contribution in [-0.4, -0.2) is 16.1 Å². The number of carboxylic acid groups (broad SMARTS) is 1. The number of benzene rings is 2. The zero-order valence-electron chi connectivity index (χ0n) is 10.5. The molecule has 0 radical (unpaired) electrons. The van der Waals surface area contributed by atoms with Crippen molar-refractivity contribution < 1.29 is 14.3 Å². The molecule has 2 aromatic carbocycles. The molecule has 0 spiro atoms. The third kappa shape index (κ3) is 2.09. The number of nitrogen functional groups attached to an aromatic ring is 1. The van der Waals surface area contributed by atoms with Gasteiger partial charge in [-0.1, -0.05) is 18.2 Å². The zero-order valence-corrected chi connectivity index (χ0v) is 10.5. The summed E-state index contributed by atoms with van der Waals surface area (Å²) >= 11 is 0. The summed E-state index contributed by atoms with van der Waals surface area (Å²) in [7, 11) is 0. The molecule has 0 amide bonds. The molecule has 3 aromatic rings. The number of anilines is 1. The van der Waals surface area contributed by atoms with Crippen LogP contribution in [0.3, 0.4) is 0 Å². The van der Waals surface area contributed by atoms with Gasteiger partial charge in [-0.15, -0.1) is 0 Å². The Bertz CT molecular complexity index is 762. The SMILES string of the molecule is Nc1ccc(C(C(=O)O)c2ccc3ncoc3c2)cc1. The van der Waals surface area contributed by atoms with Crippen LogP contribution < -0.4 is 5.73 Å². The molecule has 3 N–H and O–H groups in total. The third-order valence-corrected chi connectivity index (χ3v) is 3.21. The first kappa shape index (κ1) is 12.2. The van der Waals surface area contributed by atoms with Crippen LogP contribution in [-0.2, 0) is 4.79 Å². The maximum absolute atomic E-state index is 11.6. The molecule has 1 unspecified atom stereocenters. The average molecular weight is 268 g/mol. The largest absolute Gasteiger partial charge is 0.481 e. The Labute approximate surface area is 114 Å². The van der Waals surface area contributed by atoms with Crippen LogP contribution >= 0.6 is 0 Å². The van der Waals surface area contributed by atoms with Crippen molar-refractivity contribution in [3.63, 3.8) is 0 Å². The lowest BCUT2D eigenvalue weighted by Crippen LogP contribution is -2.13. The molecule has 0 fully saturated rings. The van der Waals surface area contributed by atoms with Crippen molar-refractivity contribution in [2.75, 3.05) is 5.73 Å². The van der Waals surface area contributed by atoms with Gasteiger partial charge in [-0.25, -0.2) is 4.98 Å². The first-order valence-corrected chi connectivity index (χ1v) is 6.06. The fourth-order valence-electron chi connectivity index (χ4n) is 2.22. The van der Waals surface area contributed by atoms with E-state index in [0.717, 1.165) is 0 Å². The van der Waals surface area contributed by atoms with Gasteiger partial charge < -0.3 is 15.3 Å². The van der Waals surface area contributed by atoms with E-state index in [9.17, 15) is 9.90 Å². The summed E-state index contributed by atoms with van der Waals surface area (Å²) in [5.74, 6) is -1.68. The van der Waals surface area contributed by atoms with E-state index in [2.05, 4.69) is 4.98 Å². The second-order valence-electron chi connectivity index (χ2n) is 4.52. The number of nitrogens with two attached hydrogens (primary N) is 1. The summed E-state index contributed by atoms with van der Waals surface area (Å²) in [5.41, 5.74) is 8.83. The molecule has 1 atom stereocenters. The Hall–Kier alpha value is -2.82. The number of aromatic nitrogens is 1. The minimum absolute atomic E-state index is 0.573. The first-order valence-electron chi connectivity index (χ1n) is 6.06. The topological polar surface area (TPSA) is 89.4 Å². The van der Waals surface area contributed by atoms with Crippen LogP contribution in [0.2, 0.25) is 0 Å². The molecule has 5 nitrogen and oxygen atoms in total. The second-order valence-corrected chi connectivity index (χ2v) is 4.52. The second kappa shape index (κ2) is 4.70. The first-order chi connectivity index (χ1) is 9.65. The fourth-order valence-corrected chi connectivity index (χ4v) is 2.22. The third-order valence-electron chi connectivity index (χ3n) is 3.21. The van der Waals surface area contributed by atoms with Gasteiger partial charge >= 0.3 is 5.97 Å². The normalized spacial score (nSPS) is 12.4. The van der Waals surface area contributed by atoms with E-state index < -0.39 is 11.9 Å². The molecule has 100 valence electrons. The summed E-state index contributed by atoms with van der Waals surface area (Å²) in [6.45, 7) is 0. The molecule has 3 rings (SSSR count). The Balaban J connectivity index is 2.09. The number of fused-ring (bicyclic) bond motifs is 1. The molecule has 5 heteroatoms. The summed E-state index contributed by atoms with van der Waals surface area (Å²) in [4.78, 5) is 15.6. The van der Waals surface area contributed by atoms with E-state index >= 15 is 0 Å². The standard InChI is InChI=1S/C15H12N2O3/c16-11-4-1-9(2-5-11)14(15(18)19)10-3-6-12-13(7-10)20-8-17-12/h1-8,14H,16H2,(H,18,19). The number of nitrogens with zero attached hydrogens (tertiary/aromatic N) is 1. The average Bonchev–Trinajstić information content (AvgIpc) is 2.88. The molecule has 0 saturated carbocycles. The number of rotatable bonds is 3. The van der Waals surface area contributed by atoms with Crippen LogP contribution in [0.25, 0.3) is 11.1 Å². The molecule has 1 aromatic heterocycles. The molecule has 0 aliphatic carbocycles. The van der Waals surface area contributed by atoms with Gasteiger partial charge in [-0.2, -0.15) is 0 Å². The van der Waals surface area contributed by atoms with Crippen molar-refractivity contribution in [2.45, 2.75) is 5.92 Å². The molecule has 0 aliphatic rings. The highest BCUT2D eigenvalue weighted by Crippen LogP contribution is 2.28. The summed E-state index contributed by atoms with van der Waals surface area (Å²) < 4.78 is 5.22. The van der Waals surface area contributed by atoms with E-state index in [1.165, 1.54) is 6.39 Å². The molecule has 0 saturated heterocycles. The van der Waals surface area contributed by atoms with Crippen molar-refractivity contribution in [1.82, 2.24) is 4.98 Å². The minimum Gasteiger partial charge on any atom is -0.481 e. The van der Waals surface area contributed by atoms with Crippen molar-refractivity contribution in [3.8, 4) is 0 Å². The lowest BCUT2D eigenvalue weighted by atomic mass is 9.91. The highest BCUT2D eigenvalue weighted by molar-refractivity contribution is 5.83. The monoisotopic (exact) mass is 268 g/mol. The summed E-state index contributed by atoms with van der Waals surface area (Å²) in [5, 5.41) is 9.49. The van der Waals surface area contributed by atoms with Gasteiger partial charge in [0.25, 0.3) is 0 Å². The lowest BCUT2D eigenvalue weighted by Gasteiger charge is -2.13. The van der Waals surface area contributed by atoms with E-state index in [0.29, 0.717) is 27.9 Å². The molecule has 0 bridgehead atoms. The van der Waals surface area contributed by atoms with Crippen molar-refractivity contribution in [1.29, 1.82) is 0 Å². The highest BCUT2D eigenvalue weighted by atomic mass is 16.4. The van der Waals surface area contributed by atoms with Gasteiger partial charge in [-0.05, 0) is 35.4 Å². The van der Waals surface area contributed by atoms with Crippen molar-refractivity contribution in [2.24, 2.45) is 0 Å². The Morgan fingerprint density at radius 2 is 1.85 bits per heavy atom. The number of carboxylic acids is 1. The van der Waals surface area contributed by atoms with Gasteiger partial charge in [0, 0.05) is 5.69 Å². The number of hydrogen-bond donors (Lipinski definition) is 2. The highest BCUT2D eigenvalue weighted by Gasteiger charge is 2.22. The van der Waals surface area contributed by atoms with Crippen molar-refractivity contribution >= 4 is 22.8 Å². The van der Waals surface area contributed by atoms with Crippen molar-refractivity contribution in [3.05, 3.63) is 60.0 Å². The Morgan fingerprint density at radius 1 is 1.15 bits per heavy atom. The van der Waals surface area contributed by atoms with E-state index in [1.54, 1.807) is 42.5 Å². The number of aliphatic carboxylic acids is 1. The summed E-state index contributed by atoms with van der Waals surface area (Å²) in [6, 6.07) is 12.0. The molecular formula is C15H12N2O3. The van der Waals surface area contributed by atoms with Gasteiger partial charge in [0.2, 0.25) is 0 Å². The molecule has 0 aliphatic heterocycles. The smallest absolute Gasteiger partial charge is 0.315 e. The van der Waals surface area contributed by atoms with Crippen LogP contribution in [0.15, 0.2) is 53.3 Å².